The van der Waals surface area contributed by atoms with Crippen LogP contribution >= 0.6 is 0 Å². The number of hydrogen-bond donors (Lipinski definition) is 2. The highest BCUT2D eigenvalue weighted by atomic mass is 16.6. The summed E-state index contributed by atoms with van der Waals surface area (Å²) in [5.74, 6) is -9.51. The van der Waals surface area contributed by atoms with Crippen LogP contribution in [0.25, 0.3) is 21.9 Å². The fraction of sp³-hybridized carbons (Fsp3) is 0.577. The van der Waals surface area contributed by atoms with Crippen molar-refractivity contribution in [2.24, 2.45) is 41.4 Å². The van der Waals surface area contributed by atoms with E-state index in [9.17, 15) is 19.5 Å². The quantitative estimate of drug-likeness (QED) is 0.113. The molecule has 2 saturated heterocycles. The van der Waals surface area contributed by atoms with Crippen molar-refractivity contribution in [3.8, 4) is 11.1 Å². The van der Waals surface area contributed by atoms with E-state index in [1.54, 1.807) is 40.2 Å². The summed E-state index contributed by atoms with van der Waals surface area (Å²) in [6.45, 7) is 21.1. The molecule has 3 aromatic carbocycles. The van der Waals surface area contributed by atoms with E-state index in [0.29, 0.717) is 36.8 Å². The second-order valence-corrected chi connectivity index (χ2v) is 26.9. The van der Waals surface area contributed by atoms with E-state index in [1.807, 2.05) is 127 Å². The monoisotopic (exact) mass is 1230 g/mol. The number of esters is 1. The van der Waals surface area contributed by atoms with E-state index in [-0.39, 0.29) is 56.3 Å². The van der Waals surface area contributed by atoms with Gasteiger partial charge in [-0.3, -0.25) is 43.3 Å². The highest BCUT2D eigenvalue weighted by molar-refractivity contribution is 5.99. The summed E-state index contributed by atoms with van der Waals surface area (Å²) in [4.78, 5) is 148. The molecule has 0 bridgehead atoms. The number of likely N-dealkylation sites (N-methyl/N-ethyl adjacent to an activating group) is 4. The molecule has 2 fully saturated rings. The molecule has 6 amide bonds. The minimum Gasteiger partial charge on any atom is -0.450 e. The van der Waals surface area contributed by atoms with Crippen molar-refractivity contribution in [2.75, 3.05) is 34.7 Å². The zero-order valence-electron chi connectivity index (χ0n) is 55.5. The lowest BCUT2D eigenvalue weighted by molar-refractivity contribution is -0.178. The highest BCUT2D eigenvalue weighted by Crippen LogP contribution is 2.33. The van der Waals surface area contributed by atoms with Crippen molar-refractivity contribution in [1.82, 2.24) is 34.8 Å². The average Bonchev–Trinajstić information content (AvgIpc) is 2.39. The third-order valence-corrected chi connectivity index (χ3v) is 18.5. The molecule has 4 aromatic rings. The van der Waals surface area contributed by atoms with Gasteiger partial charge in [0.15, 0.2) is 23.7 Å². The van der Waals surface area contributed by atoms with Gasteiger partial charge in [0.2, 0.25) is 29.5 Å². The smallest absolute Gasteiger partial charge is 0.332 e. The topological polar surface area (TPSA) is 224 Å². The van der Waals surface area contributed by atoms with E-state index in [1.165, 1.54) is 54.6 Å². The summed E-state index contributed by atoms with van der Waals surface area (Å²) in [5.41, 5.74) is 1.21. The lowest BCUT2D eigenvalue weighted by atomic mass is 9.82. The molecule has 18 nitrogen and oxygen atoms in total. The largest absolute Gasteiger partial charge is 0.450 e. The third-order valence-electron chi connectivity index (χ3n) is 18.5. The molecule has 2 aliphatic heterocycles. The van der Waals surface area contributed by atoms with Gasteiger partial charge in [0.1, 0.15) is 18.1 Å². The molecular formula is C71H99N7O11. The zero-order valence-corrected chi connectivity index (χ0v) is 55.5. The molecule has 3 unspecified atom stereocenters. The molecule has 0 radical (unpaired) electrons. The SMILES string of the molecule is CCC(C)[C@@H]1CC(=O)[C@@H]2CCCN2C(=O)[C@H](Cc2cccc(-c3ccc4ccncc4c3)c2)N(C)C(=O)[C@H](Cc2ccccc2)NC(=O)[C@H](C(C)C)N(C)C(=O)[C@@H](C(C)CC)OC(=O)[C@H](C(C)(C)O)N(C)C(=O)C(CC(C)C)CC(=O)[C@H](C(C)C)N(C)C1=O. The minimum absolute atomic E-state index is 0.00612. The molecule has 0 aliphatic carbocycles. The molecular weight excluding hydrogens is 1130 g/mol. The molecule has 0 saturated carbocycles. The Morgan fingerprint density at radius 2 is 1.26 bits per heavy atom. The summed E-state index contributed by atoms with van der Waals surface area (Å²) in [6.07, 6.45) is 3.26. The number of carbonyl (C=O) groups excluding carboxylic acids is 9. The highest BCUT2D eigenvalue weighted by Gasteiger charge is 2.48. The maximum atomic E-state index is 15.8. The van der Waals surface area contributed by atoms with E-state index in [2.05, 4.69) is 10.3 Å². The number of nitrogens with zero attached hydrogens (tertiary/aromatic N) is 6. The Bertz CT molecular complexity index is 3160. The van der Waals surface area contributed by atoms with E-state index in [0.717, 1.165) is 26.8 Å². The Morgan fingerprint density at radius 3 is 1.88 bits per heavy atom. The number of benzene rings is 3. The van der Waals surface area contributed by atoms with E-state index >= 15 is 28.8 Å². The predicted octanol–water partition coefficient (Wildman–Crippen LogP) is 8.77. The molecule has 2 N–H and O–H groups in total. The van der Waals surface area contributed by atoms with Crippen LogP contribution < -0.4 is 5.32 Å². The minimum atomic E-state index is -1.95. The number of aromatic nitrogens is 1. The van der Waals surface area contributed by atoms with Crippen LogP contribution in [0.3, 0.4) is 0 Å². The maximum Gasteiger partial charge on any atom is 0.332 e. The number of cyclic esters (lactones) is 1. The van der Waals surface area contributed by atoms with Gasteiger partial charge < -0.3 is 39.7 Å². The van der Waals surface area contributed by atoms with Gasteiger partial charge in [-0.15, -0.1) is 0 Å². The van der Waals surface area contributed by atoms with Gasteiger partial charge in [0, 0.05) is 96.0 Å². The third kappa shape index (κ3) is 17.1. The zero-order chi connectivity index (χ0) is 65.9. The number of amides is 6. The van der Waals surface area contributed by atoms with Crippen molar-refractivity contribution < 1.29 is 53.0 Å². The van der Waals surface area contributed by atoms with Gasteiger partial charge in [0.25, 0.3) is 5.91 Å². The van der Waals surface area contributed by atoms with E-state index < -0.39 is 125 Å². The molecule has 484 valence electrons. The number of aliphatic hydroxyl groups is 1. The molecule has 1 aromatic heterocycles. The fourth-order valence-electron chi connectivity index (χ4n) is 13.2. The van der Waals surface area contributed by atoms with Crippen molar-refractivity contribution in [2.45, 2.75) is 189 Å². The second kappa shape index (κ2) is 30.9. The van der Waals surface area contributed by atoms with Crippen molar-refractivity contribution in [3.05, 3.63) is 102 Å². The Kier molecular flexibility index (Phi) is 24.6. The first-order valence-corrected chi connectivity index (χ1v) is 32.0. The Balaban J connectivity index is 1.52. The summed E-state index contributed by atoms with van der Waals surface area (Å²) >= 11 is 0. The first kappa shape index (κ1) is 70.7. The van der Waals surface area contributed by atoms with Gasteiger partial charge in [-0.1, -0.05) is 142 Å². The second-order valence-electron chi connectivity index (χ2n) is 26.9. The Morgan fingerprint density at radius 1 is 0.629 bits per heavy atom. The van der Waals surface area contributed by atoms with Gasteiger partial charge in [-0.05, 0) is 103 Å². The van der Waals surface area contributed by atoms with Crippen LogP contribution in [0.2, 0.25) is 0 Å². The standard InChI is InChI=1S/C71H99N7O11/c1-17-45(9)54-40-58(79)56-28-23-33-78(56)68(85)57(37-48-26-22-27-50(35-48)51-30-29-49-31-32-72-41-53(49)38-51)74(13)67(84)55(36-47-24-20-19-21-25-47)73-64(81)61(44(7)8)76(15)69(86)62(46(10)18-2)89-70(87)63(71(11,12)88)77(16)65(82)52(34-42(3)4)39-59(80)60(43(5)6)75(14)66(54)83/h19-22,24-27,29-32,35,38,41-46,52,54-57,60-63,88H,17-18,23,28,33-34,36-37,39-40H2,1-16H3,(H,73,81)/t45?,46?,52?,54-,55-,56-,57-,60-,61-,62+,63+/m0/s1. The van der Waals surface area contributed by atoms with Crippen LogP contribution in [0.4, 0.5) is 0 Å². The van der Waals surface area contributed by atoms with Gasteiger partial charge >= 0.3 is 5.97 Å². The van der Waals surface area contributed by atoms with Crippen LogP contribution in [0.15, 0.2) is 91.3 Å². The number of pyridine rings is 1. The normalized spacial score (nSPS) is 25.1. The summed E-state index contributed by atoms with van der Waals surface area (Å²) in [5, 5.41) is 16.8. The summed E-state index contributed by atoms with van der Waals surface area (Å²) in [7, 11) is 5.85. The summed E-state index contributed by atoms with van der Waals surface area (Å²) in [6, 6.07) is 17.3. The van der Waals surface area contributed by atoms with Crippen LogP contribution in [0.5, 0.6) is 0 Å². The maximum absolute atomic E-state index is 15.8. The fourth-order valence-corrected chi connectivity index (χ4v) is 13.2. The summed E-state index contributed by atoms with van der Waals surface area (Å²) < 4.78 is 6.17. The van der Waals surface area contributed by atoms with Crippen LogP contribution in [0.1, 0.15) is 139 Å². The van der Waals surface area contributed by atoms with Gasteiger partial charge in [-0.25, -0.2) is 4.79 Å². The molecule has 11 atom stereocenters. The number of hydrogen-bond acceptors (Lipinski definition) is 12. The van der Waals surface area contributed by atoms with Crippen molar-refractivity contribution >= 4 is 63.8 Å². The molecule has 6 rings (SSSR count). The molecule has 2 aliphatic rings. The number of Topliss-reactive ketones (excluding diaryl/α,β-unsaturated/α-hetero) is 2. The van der Waals surface area contributed by atoms with Gasteiger partial charge in [-0.2, -0.15) is 0 Å². The van der Waals surface area contributed by atoms with Gasteiger partial charge in [0.05, 0.1) is 17.7 Å². The number of carbonyl (C=O) groups is 9. The molecule has 3 heterocycles. The van der Waals surface area contributed by atoms with Crippen LogP contribution in [0, 0.1) is 41.4 Å². The Hall–Kier alpha value is -7.34. The lowest BCUT2D eigenvalue weighted by Gasteiger charge is -2.39. The van der Waals surface area contributed by atoms with Crippen LogP contribution in [-0.4, -0.2) is 170 Å². The number of rotatable bonds is 14. The number of ketones is 2. The first-order valence-electron chi connectivity index (χ1n) is 32.0. The average molecular weight is 1230 g/mol. The lowest BCUT2D eigenvalue weighted by Crippen LogP contribution is -2.61. The number of ether oxygens (including phenoxy) is 1. The molecule has 18 heteroatoms. The number of nitrogens with one attached hydrogen (secondary N) is 1. The van der Waals surface area contributed by atoms with E-state index in [4.69, 9.17) is 4.74 Å². The van der Waals surface area contributed by atoms with Crippen molar-refractivity contribution in [1.29, 1.82) is 0 Å². The van der Waals surface area contributed by atoms with Crippen LogP contribution in [-0.2, 0) is 60.7 Å². The molecule has 0 spiro atoms. The predicted molar refractivity (Wildman–Crippen MR) is 344 cm³/mol. The Labute approximate surface area is 527 Å². The molecule has 89 heavy (non-hydrogen) atoms. The first-order chi connectivity index (χ1) is 41.9. The van der Waals surface area contributed by atoms with Crippen molar-refractivity contribution in [3.63, 3.8) is 0 Å². The number of fused-ring (bicyclic) bond motifs is 2.